The summed E-state index contributed by atoms with van der Waals surface area (Å²) in [5.41, 5.74) is 2.57. The van der Waals surface area contributed by atoms with Crippen molar-refractivity contribution in [3.05, 3.63) is 59.5 Å². The summed E-state index contributed by atoms with van der Waals surface area (Å²) in [5.74, 6) is 2.28. The van der Waals surface area contributed by atoms with Crippen LogP contribution in [0, 0.1) is 0 Å². The quantitative estimate of drug-likeness (QED) is 0.520. The normalized spacial score (nSPS) is 10.9. The second kappa shape index (κ2) is 10.1. The van der Waals surface area contributed by atoms with Crippen molar-refractivity contribution in [2.75, 3.05) is 34.9 Å². The Kier molecular flexibility index (Phi) is 7.25. The maximum Gasteiger partial charge on any atom is 0.253 e. The third-order valence-electron chi connectivity index (χ3n) is 4.93. The van der Waals surface area contributed by atoms with E-state index in [1.807, 2.05) is 42.5 Å². The first-order valence-electron chi connectivity index (χ1n) is 10.0. The van der Waals surface area contributed by atoms with Gasteiger partial charge in [-0.15, -0.1) is 0 Å². The highest BCUT2D eigenvalue weighted by Crippen LogP contribution is 2.31. The van der Waals surface area contributed by atoms with Crippen molar-refractivity contribution in [3.8, 4) is 22.9 Å². The molecule has 0 spiro atoms. The van der Waals surface area contributed by atoms with Crippen molar-refractivity contribution in [1.82, 2.24) is 19.9 Å². The van der Waals surface area contributed by atoms with E-state index in [4.69, 9.17) is 14.0 Å². The molecule has 0 saturated heterocycles. The Morgan fingerprint density at radius 2 is 1.71 bits per heavy atom. The highest BCUT2D eigenvalue weighted by atomic mass is 16.5. The van der Waals surface area contributed by atoms with Crippen LogP contribution < -0.4 is 9.47 Å². The van der Waals surface area contributed by atoms with E-state index in [9.17, 15) is 4.79 Å². The van der Waals surface area contributed by atoms with Crippen molar-refractivity contribution < 1.29 is 18.8 Å². The lowest BCUT2D eigenvalue weighted by Crippen LogP contribution is -2.23. The van der Waals surface area contributed by atoms with Gasteiger partial charge in [0.1, 0.15) is 0 Å². The number of benzene rings is 2. The Labute approximate surface area is 182 Å². The van der Waals surface area contributed by atoms with Gasteiger partial charge < -0.3 is 18.9 Å². The lowest BCUT2D eigenvalue weighted by molar-refractivity contribution is 0.0827. The molecule has 2 aromatic carbocycles. The molecule has 0 fully saturated rings. The minimum atomic E-state index is -0.00699. The van der Waals surface area contributed by atoms with Gasteiger partial charge in [0.2, 0.25) is 11.7 Å². The van der Waals surface area contributed by atoms with Gasteiger partial charge >= 0.3 is 0 Å². The van der Waals surface area contributed by atoms with Crippen LogP contribution in [0.5, 0.6) is 11.5 Å². The molecule has 164 valence electrons. The molecule has 0 atom stereocenters. The van der Waals surface area contributed by atoms with E-state index < -0.39 is 0 Å². The number of hydrogen-bond acceptors (Lipinski definition) is 7. The van der Waals surface area contributed by atoms with Crippen molar-refractivity contribution in [2.24, 2.45) is 0 Å². The molecule has 0 bridgehead atoms. The van der Waals surface area contributed by atoms with E-state index in [-0.39, 0.29) is 5.91 Å². The molecule has 1 heterocycles. The molecule has 1 amide bonds. The number of amides is 1. The third-order valence-corrected chi connectivity index (χ3v) is 4.93. The second-order valence-corrected chi connectivity index (χ2v) is 7.28. The zero-order valence-electron chi connectivity index (χ0n) is 18.6. The van der Waals surface area contributed by atoms with Gasteiger partial charge in [0.25, 0.3) is 5.91 Å². The molecule has 8 heteroatoms. The summed E-state index contributed by atoms with van der Waals surface area (Å²) in [7, 11) is 6.67. The van der Waals surface area contributed by atoms with Gasteiger partial charge in [-0.3, -0.25) is 9.69 Å². The number of rotatable bonds is 9. The summed E-state index contributed by atoms with van der Waals surface area (Å²) < 4.78 is 16.1. The zero-order valence-corrected chi connectivity index (χ0v) is 18.6. The van der Waals surface area contributed by atoms with E-state index in [2.05, 4.69) is 22.0 Å². The van der Waals surface area contributed by atoms with E-state index >= 15 is 0 Å². The maximum absolute atomic E-state index is 12.0. The molecule has 8 nitrogen and oxygen atoms in total. The van der Waals surface area contributed by atoms with Gasteiger partial charge in [-0.25, -0.2) is 0 Å². The second-order valence-electron chi connectivity index (χ2n) is 7.28. The minimum Gasteiger partial charge on any atom is -0.493 e. The van der Waals surface area contributed by atoms with Crippen molar-refractivity contribution in [1.29, 1.82) is 0 Å². The number of carbonyl (C=O) groups excluding carboxylic acids is 1. The van der Waals surface area contributed by atoms with Crippen LogP contribution in [0.15, 0.2) is 47.0 Å². The topological polar surface area (TPSA) is 80.9 Å². The Morgan fingerprint density at radius 1 is 1.00 bits per heavy atom. The Morgan fingerprint density at radius 3 is 2.32 bits per heavy atom. The molecular formula is C23H28N4O4. The van der Waals surface area contributed by atoms with Crippen LogP contribution >= 0.6 is 0 Å². The molecule has 31 heavy (non-hydrogen) atoms. The summed E-state index contributed by atoms with van der Waals surface area (Å²) in [6.45, 7) is 4.12. The molecule has 0 aliphatic rings. The number of methoxy groups -OCH3 is 2. The van der Waals surface area contributed by atoms with Gasteiger partial charge in [-0.2, -0.15) is 4.98 Å². The Hall–Kier alpha value is -3.39. The molecule has 0 unspecified atom stereocenters. The van der Waals surface area contributed by atoms with Crippen LogP contribution in [0.25, 0.3) is 11.4 Å². The molecule has 0 aliphatic heterocycles. The van der Waals surface area contributed by atoms with E-state index in [0.29, 0.717) is 41.9 Å². The van der Waals surface area contributed by atoms with Crippen LogP contribution in [0.2, 0.25) is 0 Å². The molecule has 1 aromatic heterocycles. The summed E-state index contributed by atoms with van der Waals surface area (Å²) in [5, 5.41) is 4.11. The molecule has 0 aliphatic carbocycles. The summed E-state index contributed by atoms with van der Waals surface area (Å²) in [4.78, 5) is 20.3. The van der Waals surface area contributed by atoms with Gasteiger partial charge in [0.15, 0.2) is 11.5 Å². The van der Waals surface area contributed by atoms with Crippen LogP contribution in [0.3, 0.4) is 0 Å². The predicted octanol–water partition coefficient (Wildman–Crippen LogP) is 3.48. The van der Waals surface area contributed by atoms with Gasteiger partial charge in [0, 0.05) is 31.8 Å². The molecule has 0 radical (unpaired) electrons. The largest absolute Gasteiger partial charge is 0.493 e. The van der Waals surface area contributed by atoms with Crippen LogP contribution in [-0.2, 0) is 13.1 Å². The van der Waals surface area contributed by atoms with Crippen molar-refractivity contribution in [2.45, 2.75) is 20.0 Å². The van der Waals surface area contributed by atoms with E-state index in [0.717, 1.165) is 17.7 Å². The fraction of sp³-hybridized carbons (Fsp3) is 0.348. The SMILES string of the molecule is CCN(Cc1ccc(C(=O)N(C)C)cc1)Cc1nc(-c2ccc(OC)c(OC)c2)no1. The lowest BCUT2D eigenvalue weighted by atomic mass is 10.1. The lowest BCUT2D eigenvalue weighted by Gasteiger charge is -2.18. The number of nitrogens with zero attached hydrogens (tertiary/aromatic N) is 4. The first-order valence-corrected chi connectivity index (χ1v) is 10.0. The molecule has 3 aromatic rings. The fourth-order valence-electron chi connectivity index (χ4n) is 3.15. The van der Waals surface area contributed by atoms with Crippen LogP contribution in [0.4, 0.5) is 0 Å². The highest BCUT2D eigenvalue weighted by Gasteiger charge is 2.15. The number of carbonyl (C=O) groups is 1. The zero-order chi connectivity index (χ0) is 22.4. The van der Waals surface area contributed by atoms with Crippen molar-refractivity contribution >= 4 is 5.91 Å². The molecular weight excluding hydrogens is 396 g/mol. The maximum atomic E-state index is 12.0. The first kappa shape index (κ1) is 22.3. The average molecular weight is 425 g/mol. The van der Waals surface area contributed by atoms with Gasteiger partial charge in [0.05, 0.1) is 20.8 Å². The van der Waals surface area contributed by atoms with Gasteiger partial charge in [-0.05, 0) is 42.4 Å². The Balaban J connectivity index is 1.68. The number of hydrogen-bond donors (Lipinski definition) is 0. The number of aromatic nitrogens is 2. The van der Waals surface area contributed by atoms with E-state index in [1.165, 1.54) is 0 Å². The minimum absolute atomic E-state index is 0.00699. The van der Waals surface area contributed by atoms with Gasteiger partial charge in [-0.1, -0.05) is 24.2 Å². The average Bonchev–Trinajstić information content (AvgIpc) is 3.26. The predicted molar refractivity (Wildman–Crippen MR) is 117 cm³/mol. The fourth-order valence-corrected chi connectivity index (χ4v) is 3.15. The summed E-state index contributed by atoms with van der Waals surface area (Å²) in [6, 6.07) is 13.2. The highest BCUT2D eigenvalue weighted by molar-refractivity contribution is 5.93. The third kappa shape index (κ3) is 5.40. The van der Waals surface area contributed by atoms with Crippen LogP contribution in [0.1, 0.15) is 28.7 Å². The monoisotopic (exact) mass is 424 g/mol. The van der Waals surface area contributed by atoms with Crippen LogP contribution in [-0.4, -0.2) is 60.7 Å². The smallest absolute Gasteiger partial charge is 0.253 e. The molecule has 0 N–H and O–H groups in total. The standard InChI is InChI=1S/C23H28N4O4/c1-6-27(14-16-7-9-17(10-8-16)23(28)26(2)3)15-21-24-22(25-31-21)18-11-12-19(29-4)20(13-18)30-5/h7-13H,6,14-15H2,1-5H3. The molecule has 3 rings (SSSR count). The number of ether oxygens (including phenoxy) is 2. The first-order chi connectivity index (χ1) is 14.9. The summed E-state index contributed by atoms with van der Waals surface area (Å²) >= 11 is 0. The summed E-state index contributed by atoms with van der Waals surface area (Å²) in [6.07, 6.45) is 0. The van der Waals surface area contributed by atoms with Crippen molar-refractivity contribution in [3.63, 3.8) is 0 Å². The molecule has 0 saturated carbocycles. The Bertz CT molecular complexity index is 1010. The van der Waals surface area contributed by atoms with E-state index in [1.54, 1.807) is 33.2 Å².